The standard InChI is InChI=1S/C35H32F3N9O/c1-45-20-42-44-33(45)26-5-4-22(15-39)10-27(26)25-13-31(41-8-6-21-2-3-21)43-32(14-25)47-19-29-28(34(47)48)11-24(12-30(29)35(36,37)38)18-46-9-7-23(16-40)17-46/h4-5,10-14,20-21,23H,2-3,6-9,17-19H2,1H3,(H,41,43)/t23-/m1/s1. The van der Waals surface area contributed by atoms with Crippen LogP contribution in [-0.4, -0.2) is 50.2 Å². The van der Waals surface area contributed by atoms with Crippen LogP contribution in [-0.2, 0) is 26.3 Å². The monoisotopic (exact) mass is 651 g/mol. The predicted octanol–water partition coefficient (Wildman–Crippen LogP) is 6.15. The molecule has 13 heteroatoms. The minimum absolute atomic E-state index is 0.00227. The topological polar surface area (TPSA) is 127 Å². The molecule has 2 aromatic heterocycles. The summed E-state index contributed by atoms with van der Waals surface area (Å²) in [5.74, 6) is 1.15. The first kappa shape index (κ1) is 31.3. The molecule has 1 N–H and O–H groups in total. The fraction of sp³-hybridized carbons (Fsp3) is 0.371. The van der Waals surface area contributed by atoms with Crippen LogP contribution in [0.1, 0.15) is 58.3 Å². The van der Waals surface area contributed by atoms with E-state index in [1.807, 2.05) is 11.0 Å². The number of likely N-dealkylation sites (tertiary alicyclic amines) is 1. The van der Waals surface area contributed by atoms with Crippen molar-refractivity contribution >= 4 is 17.5 Å². The van der Waals surface area contributed by atoms with Crippen LogP contribution >= 0.6 is 0 Å². The molecule has 1 amide bonds. The summed E-state index contributed by atoms with van der Waals surface area (Å²) < 4.78 is 45.3. The molecule has 1 atom stereocenters. The second kappa shape index (κ2) is 12.4. The lowest BCUT2D eigenvalue weighted by molar-refractivity contribution is -0.138. The van der Waals surface area contributed by atoms with Crippen molar-refractivity contribution in [1.29, 1.82) is 10.5 Å². The molecule has 48 heavy (non-hydrogen) atoms. The fourth-order valence-corrected chi connectivity index (χ4v) is 6.62. The number of carbonyl (C=O) groups excluding carboxylic acids is 1. The number of aryl methyl sites for hydroxylation is 1. The molecule has 3 aliphatic rings. The largest absolute Gasteiger partial charge is 0.416 e. The van der Waals surface area contributed by atoms with Crippen molar-refractivity contribution in [2.75, 3.05) is 29.9 Å². The van der Waals surface area contributed by atoms with E-state index in [9.17, 15) is 28.5 Å². The van der Waals surface area contributed by atoms with Crippen LogP contribution in [0.5, 0.6) is 0 Å². The van der Waals surface area contributed by atoms with E-state index in [4.69, 9.17) is 4.98 Å². The number of fused-ring (bicyclic) bond motifs is 1. The Kier molecular flexibility index (Phi) is 8.09. The van der Waals surface area contributed by atoms with Crippen LogP contribution in [0, 0.1) is 34.5 Å². The first-order valence-electron chi connectivity index (χ1n) is 15.9. The minimum Gasteiger partial charge on any atom is -0.370 e. The fourth-order valence-electron chi connectivity index (χ4n) is 6.62. The SMILES string of the molecule is Cn1cnnc1-c1ccc(C#N)cc1-c1cc(NCCC2CC2)nc(N2Cc3c(cc(CN4CC[C@H](C#N)C4)cc3C(F)(F)F)C2=O)c1. The smallest absolute Gasteiger partial charge is 0.370 e. The van der Waals surface area contributed by atoms with Crippen molar-refractivity contribution in [3.63, 3.8) is 0 Å². The van der Waals surface area contributed by atoms with Crippen LogP contribution in [0.3, 0.4) is 0 Å². The van der Waals surface area contributed by atoms with Gasteiger partial charge in [0.25, 0.3) is 5.91 Å². The van der Waals surface area contributed by atoms with Crippen LogP contribution in [0.15, 0.2) is 48.8 Å². The molecule has 10 nitrogen and oxygen atoms in total. The van der Waals surface area contributed by atoms with Crippen molar-refractivity contribution in [3.8, 4) is 34.7 Å². The maximum absolute atomic E-state index is 14.5. The van der Waals surface area contributed by atoms with Crippen molar-refractivity contribution in [1.82, 2.24) is 24.6 Å². The highest BCUT2D eigenvalue weighted by Gasteiger charge is 2.41. The molecular formula is C35H32F3N9O. The second-order valence-corrected chi connectivity index (χ2v) is 12.8. The summed E-state index contributed by atoms with van der Waals surface area (Å²) >= 11 is 0. The van der Waals surface area contributed by atoms with Gasteiger partial charge in [-0.15, -0.1) is 10.2 Å². The molecule has 4 aromatic rings. The molecule has 0 unspecified atom stereocenters. The number of nitrogens with zero attached hydrogens (tertiary/aromatic N) is 8. The molecule has 0 radical (unpaired) electrons. The van der Waals surface area contributed by atoms with E-state index in [1.54, 1.807) is 48.3 Å². The third kappa shape index (κ3) is 6.21. The van der Waals surface area contributed by atoms with E-state index in [0.29, 0.717) is 71.4 Å². The van der Waals surface area contributed by atoms with Gasteiger partial charge in [-0.3, -0.25) is 14.6 Å². The number of nitrogens with one attached hydrogen (secondary N) is 1. The van der Waals surface area contributed by atoms with Gasteiger partial charge in [0.15, 0.2) is 5.82 Å². The number of anilines is 2. The number of aromatic nitrogens is 4. The Bertz CT molecular complexity index is 1990. The van der Waals surface area contributed by atoms with Crippen molar-refractivity contribution < 1.29 is 18.0 Å². The molecule has 0 bridgehead atoms. The molecule has 2 aliphatic heterocycles. The Morgan fingerprint density at radius 1 is 1.04 bits per heavy atom. The first-order chi connectivity index (χ1) is 23.1. The van der Waals surface area contributed by atoms with Gasteiger partial charge in [-0.2, -0.15) is 23.7 Å². The lowest BCUT2D eigenvalue weighted by Crippen LogP contribution is -2.24. The number of nitriles is 2. The van der Waals surface area contributed by atoms with E-state index in [-0.39, 0.29) is 36.0 Å². The summed E-state index contributed by atoms with van der Waals surface area (Å²) in [4.78, 5) is 22.0. The normalized spacial score (nSPS) is 17.8. The van der Waals surface area contributed by atoms with Crippen LogP contribution in [0.2, 0.25) is 0 Å². The summed E-state index contributed by atoms with van der Waals surface area (Å²) in [5.41, 5.74) is 1.80. The molecule has 244 valence electrons. The third-order valence-corrected chi connectivity index (χ3v) is 9.32. The Morgan fingerprint density at radius 2 is 1.88 bits per heavy atom. The highest BCUT2D eigenvalue weighted by molar-refractivity contribution is 6.10. The number of hydrogen-bond donors (Lipinski definition) is 1. The lowest BCUT2D eigenvalue weighted by atomic mass is 9.97. The molecule has 1 saturated carbocycles. The number of pyridine rings is 1. The zero-order valence-corrected chi connectivity index (χ0v) is 26.3. The second-order valence-electron chi connectivity index (χ2n) is 12.8. The van der Waals surface area contributed by atoms with Crippen LogP contribution in [0.25, 0.3) is 22.5 Å². The number of halogens is 3. The molecule has 1 saturated heterocycles. The minimum atomic E-state index is -4.68. The maximum Gasteiger partial charge on any atom is 0.416 e. The molecule has 4 heterocycles. The Labute approximate surface area is 275 Å². The summed E-state index contributed by atoms with van der Waals surface area (Å²) in [6.07, 6.45) is 0.872. The van der Waals surface area contributed by atoms with Gasteiger partial charge in [-0.25, -0.2) is 4.98 Å². The van der Waals surface area contributed by atoms with Crippen LogP contribution in [0.4, 0.5) is 24.8 Å². The Balaban J connectivity index is 1.29. The highest BCUT2D eigenvalue weighted by atomic mass is 19.4. The number of amides is 1. The maximum atomic E-state index is 14.5. The lowest BCUT2D eigenvalue weighted by Gasteiger charge is -2.19. The third-order valence-electron chi connectivity index (χ3n) is 9.32. The van der Waals surface area contributed by atoms with Gasteiger partial charge in [-0.1, -0.05) is 12.8 Å². The van der Waals surface area contributed by atoms with Crippen LogP contribution < -0.4 is 10.2 Å². The number of carbonyl (C=O) groups is 1. The highest BCUT2D eigenvalue weighted by Crippen LogP contribution is 2.41. The zero-order chi connectivity index (χ0) is 33.6. The van der Waals surface area contributed by atoms with Crippen molar-refractivity contribution in [3.05, 3.63) is 76.6 Å². The van der Waals surface area contributed by atoms with E-state index in [2.05, 4.69) is 27.7 Å². The molecule has 7 rings (SSSR count). The summed E-state index contributed by atoms with van der Waals surface area (Å²) in [6.45, 7) is 1.65. The van der Waals surface area contributed by atoms with E-state index in [1.165, 1.54) is 17.7 Å². The Morgan fingerprint density at radius 3 is 2.56 bits per heavy atom. The number of benzene rings is 2. The molecule has 2 aromatic carbocycles. The quantitative estimate of drug-likeness (QED) is 0.228. The van der Waals surface area contributed by atoms with Gasteiger partial charge in [0, 0.05) is 37.8 Å². The van der Waals surface area contributed by atoms with Gasteiger partial charge < -0.3 is 9.88 Å². The van der Waals surface area contributed by atoms with E-state index in [0.717, 1.165) is 12.5 Å². The zero-order valence-electron chi connectivity index (χ0n) is 26.3. The molecule has 1 aliphatic carbocycles. The summed E-state index contributed by atoms with van der Waals surface area (Å²) in [7, 11) is 1.80. The summed E-state index contributed by atoms with van der Waals surface area (Å²) in [5, 5.41) is 30.6. The summed E-state index contributed by atoms with van der Waals surface area (Å²) in [6, 6.07) is 15.8. The van der Waals surface area contributed by atoms with E-state index < -0.39 is 17.6 Å². The molecule has 0 spiro atoms. The first-order valence-corrected chi connectivity index (χ1v) is 15.9. The number of alkyl halides is 3. The average molecular weight is 652 g/mol. The van der Waals surface area contributed by atoms with Gasteiger partial charge >= 0.3 is 6.18 Å². The van der Waals surface area contributed by atoms with Gasteiger partial charge in [0.1, 0.15) is 18.0 Å². The predicted molar refractivity (Wildman–Crippen MR) is 171 cm³/mol. The van der Waals surface area contributed by atoms with Crippen molar-refractivity contribution in [2.45, 2.75) is 44.9 Å². The Hall–Kier alpha value is -5.27. The number of hydrogen-bond acceptors (Lipinski definition) is 8. The molecular weight excluding hydrogens is 619 g/mol. The van der Waals surface area contributed by atoms with Gasteiger partial charge in [0.05, 0.1) is 35.7 Å². The number of rotatable bonds is 9. The average Bonchev–Trinajstić information content (AvgIpc) is 3.45. The van der Waals surface area contributed by atoms with E-state index >= 15 is 0 Å². The molecule has 2 fully saturated rings. The van der Waals surface area contributed by atoms with Gasteiger partial charge in [-0.05, 0) is 90.0 Å². The van der Waals surface area contributed by atoms with Gasteiger partial charge in [0.2, 0.25) is 0 Å². The van der Waals surface area contributed by atoms with Crippen molar-refractivity contribution in [2.24, 2.45) is 18.9 Å².